The zero-order valence-corrected chi connectivity index (χ0v) is 12.1. The van der Waals surface area contributed by atoms with Crippen LogP contribution in [0.1, 0.15) is 21.6 Å². The minimum Gasteiger partial charge on any atom is -0.320 e. The average molecular weight is 306 g/mol. The number of anilines is 1. The molecule has 21 heavy (non-hydrogen) atoms. The Hall–Kier alpha value is -2.47. The van der Waals surface area contributed by atoms with E-state index < -0.39 is 4.92 Å². The van der Waals surface area contributed by atoms with Gasteiger partial charge in [0.05, 0.1) is 16.3 Å². The normalized spacial score (nSPS) is 10.2. The van der Waals surface area contributed by atoms with Gasteiger partial charge in [0.25, 0.3) is 11.6 Å². The Morgan fingerprint density at radius 1 is 1.29 bits per heavy atom. The molecule has 0 aliphatic rings. The molecule has 1 amide bonds. The lowest BCUT2D eigenvalue weighted by atomic mass is 10.1. The molecule has 0 bridgehead atoms. The van der Waals surface area contributed by atoms with Crippen molar-refractivity contribution in [2.75, 3.05) is 5.32 Å². The molecule has 7 heteroatoms. The van der Waals surface area contributed by atoms with E-state index in [0.717, 1.165) is 0 Å². The van der Waals surface area contributed by atoms with Crippen molar-refractivity contribution in [2.24, 2.45) is 0 Å². The van der Waals surface area contributed by atoms with Gasteiger partial charge in [0.2, 0.25) is 0 Å². The van der Waals surface area contributed by atoms with E-state index in [-0.39, 0.29) is 11.6 Å². The summed E-state index contributed by atoms with van der Waals surface area (Å²) in [6.45, 7) is 3.37. The second kappa shape index (κ2) is 5.88. The summed E-state index contributed by atoms with van der Waals surface area (Å²) in [5, 5.41) is 13.7. The summed E-state index contributed by atoms with van der Waals surface area (Å²) in [4.78, 5) is 26.4. The standard InChI is InChI=1S/C14H12ClN3O3/c1-8-7-10(18(20)21)3-4-11(8)14(19)17-12-5-6-13(15)16-9(12)2/h3-7H,1-2H3,(H,17,19). The van der Waals surface area contributed by atoms with E-state index in [1.807, 2.05) is 0 Å². The van der Waals surface area contributed by atoms with Crippen molar-refractivity contribution < 1.29 is 9.72 Å². The van der Waals surface area contributed by atoms with Crippen LogP contribution in [0.4, 0.5) is 11.4 Å². The van der Waals surface area contributed by atoms with Crippen molar-refractivity contribution in [3.05, 3.63) is 62.4 Å². The van der Waals surface area contributed by atoms with Crippen LogP contribution in [0, 0.1) is 24.0 Å². The number of amides is 1. The van der Waals surface area contributed by atoms with Crippen LogP contribution in [0.25, 0.3) is 0 Å². The number of nitro groups is 1. The largest absolute Gasteiger partial charge is 0.320 e. The second-order valence-electron chi connectivity index (χ2n) is 4.48. The highest BCUT2D eigenvalue weighted by Crippen LogP contribution is 2.20. The first-order chi connectivity index (χ1) is 9.88. The van der Waals surface area contributed by atoms with E-state index in [1.54, 1.807) is 26.0 Å². The fraction of sp³-hybridized carbons (Fsp3) is 0.143. The molecule has 0 spiro atoms. The topological polar surface area (TPSA) is 85.1 Å². The molecule has 2 aromatic rings. The first-order valence-electron chi connectivity index (χ1n) is 6.08. The van der Waals surface area contributed by atoms with Gasteiger partial charge in [0, 0.05) is 17.7 Å². The summed E-state index contributed by atoms with van der Waals surface area (Å²) in [6.07, 6.45) is 0. The van der Waals surface area contributed by atoms with Crippen LogP contribution in [0.2, 0.25) is 5.15 Å². The Labute approximate surface area is 125 Å². The minimum atomic E-state index is -0.498. The zero-order chi connectivity index (χ0) is 15.6. The number of aromatic nitrogens is 1. The van der Waals surface area contributed by atoms with Crippen molar-refractivity contribution in [3.63, 3.8) is 0 Å². The maximum Gasteiger partial charge on any atom is 0.269 e. The average Bonchev–Trinajstić information content (AvgIpc) is 2.41. The third-order valence-corrected chi connectivity index (χ3v) is 3.18. The van der Waals surface area contributed by atoms with Crippen LogP contribution < -0.4 is 5.32 Å². The summed E-state index contributed by atoms with van der Waals surface area (Å²) < 4.78 is 0. The number of aryl methyl sites for hydroxylation is 2. The van der Waals surface area contributed by atoms with Crippen molar-refractivity contribution in [1.29, 1.82) is 0 Å². The van der Waals surface area contributed by atoms with E-state index >= 15 is 0 Å². The van der Waals surface area contributed by atoms with Crippen LogP contribution in [0.5, 0.6) is 0 Å². The smallest absolute Gasteiger partial charge is 0.269 e. The molecule has 1 aromatic heterocycles. The SMILES string of the molecule is Cc1cc([N+](=O)[O-])ccc1C(=O)Nc1ccc(Cl)nc1C. The molecule has 0 aliphatic carbocycles. The first kappa shape index (κ1) is 14.9. The lowest BCUT2D eigenvalue weighted by Gasteiger charge is -2.09. The van der Waals surface area contributed by atoms with Gasteiger partial charge in [-0.1, -0.05) is 11.6 Å². The molecule has 2 rings (SSSR count). The quantitative estimate of drug-likeness (QED) is 0.534. The molecule has 1 heterocycles. The molecule has 1 N–H and O–H groups in total. The minimum absolute atomic E-state index is 0.0478. The van der Waals surface area contributed by atoms with Crippen molar-refractivity contribution in [1.82, 2.24) is 4.98 Å². The monoisotopic (exact) mass is 305 g/mol. The number of carbonyl (C=O) groups excluding carboxylic acids is 1. The highest BCUT2D eigenvalue weighted by Gasteiger charge is 2.14. The van der Waals surface area contributed by atoms with Gasteiger partial charge < -0.3 is 5.32 Å². The van der Waals surface area contributed by atoms with Gasteiger partial charge in [0.15, 0.2) is 0 Å². The first-order valence-corrected chi connectivity index (χ1v) is 6.46. The predicted molar refractivity (Wildman–Crippen MR) is 79.8 cm³/mol. The highest BCUT2D eigenvalue weighted by molar-refractivity contribution is 6.29. The van der Waals surface area contributed by atoms with Crippen LogP contribution in [0.15, 0.2) is 30.3 Å². The fourth-order valence-electron chi connectivity index (χ4n) is 1.87. The molecular weight excluding hydrogens is 294 g/mol. The molecular formula is C14H12ClN3O3. The maximum atomic E-state index is 12.2. The predicted octanol–water partition coefficient (Wildman–Crippen LogP) is 3.51. The molecule has 0 unspecified atom stereocenters. The molecule has 0 atom stereocenters. The number of rotatable bonds is 3. The molecule has 0 saturated carbocycles. The number of nitrogens with zero attached hydrogens (tertiary/aromatic N) is 2. The van der Waals surface area contributed by atoms with Gasteiger partial charge in [-0.3, -0.25) is 14.9 Å². The zero-order valence-electron chi connectivity index (χ0n) is 11.4. The van der Waals surface area contributed by atoms with Crippen LogP contribution >= 0.6 is 11.6 Å². The molecule has 108 valence electrons. The summed E-state index contributed by atoms with van der Waals surface area (Å²) in [7, 11) is 0. The van der Waals surface area contributed by atoms with Crippen molar-refractivity contribution in [2.45, 2.75) is 13.8 Å². The van der Waals surface area contributed by atoms with Crippen molar-refractivity contribution >= 4 is 28.9 Å². The van der Waals surface area contributed by atoms with Gasteiger partial charge in [-0.25, -0.2) is 4.98 Å². The molecule has 6 nitrogen and oxygen atoms in total. The number of hydrogen-bond acceptors (Lipinski definition) is 4. The number of non-ortho nitro benzene ring substituents is 1. The fourth-order valence-corrected chi connectivity index (χ4v) is 2.06. The third-order valence-electron chi connectivity index (χ3n) is 2.97. The summed E-state index contributed by atoms with van der Waals surface area (Å²) in [5.74, 6) is -0.352. The van der Waals surface area contributed by atoms with Gasteiger partial charge in [-0.15, -0.1) is 0 Å². The van der Waals surface area contributed by atoms with E-state index in [1.165, 1.54) is 18.2 Å². The van der Waals surface area contributed by atoms with Crippen LogP contribution in [-0.2, 0) is 0 Å². The Kier molecular flexibility index (Phi) is 4.18. The molecule has 0 radical (unpaired) electrons. The Balaban J connectivity index is 2.26. The third kappa shape index (κ3) is 3.35. The number of hydrogen-bond donors (Lipinski definition) is 1. The number of nitro benzene ring substituents is 1. The van der Waals surface area contributed by atoms with Gasteiger partial charge in [-0.2, -0.15) is 0 Å². The summed E-state index contributed by atoms with van der Waals surface area (Å²) in [5.41, 5.74) is 1.99. The number of nitrogens with one attached hydrogen (secondary N) is 1. The highest BCUT2D eigenvalue weighted by atomic mass is 35.5. The Morgan fingerprint density at radius 3 is 2.57 bits per heavy atom. The van der Waals surface area contributed by atoms with Crippen LogP contribution in [-0.4, -0.2) is 15.8 Å². The summed E-state index contributed by atoms with van der Waals surface area (Å²) in [6, 6.07) is 7.33. The van der Waals surface area contributed by atoms with Gasteiger partial charge in [0.1, 0.15) is 5.15 Å². The van der Waals surface area contributed by atoms with E-state index in [2.05, 4.69) is 10.3 Å². The Bertz CT molecular complexity index is 731. The van der Waals surface area contributed by atoms with E-state index in [0.29, 0.717) is 27.7 Å². The Morgan fingerprint density at radius 2 is 2.00 bits per heavy atom. The second-order valence-corrected chi connectivity index (χ2v) is 4.86. The van der Waals surface area contributed by atoms with Crippen molar-refractivity contribution in [3.8, 4) is 0 Å². The number of carbonyl (C=O) groups is 1. The number of pyridine rings is 1. The number of benzene rings is 1. The molecule has 0 aliphatic heterocycles. The van der Waals surface area contributed by atoms with E-state index in [4.69, 9.17) is 11.6 Å². The van der Waals surface area contributed by atoms with Crippen LogP contribution in [0.3, 0.4) is 0 Å². The maximum absolute atomic E-state index is 12.2. The number of halogens is 1. The molecule has 0 saturated heterocycles. The lowest BCUT2D eigenvalue weighted by Crippen LogP contribution is -2.14. The lowest BCUT2D eigenvalue weighted by molar-refractivity contribution is -0.384. The van der Waals surface area contributed by atoms with E-state index in [9.17, 15) is 14.9 Å². The van der Waals surface area contributed by atoms with Gasteiger partial charge in [-0.05, 0) is 37.6 Å². The summed E-state index contributed by atoms with van der Waals surface area (Å²) >= 11 is 5.76. The van der Waals surface area contributed by atoms with Gasteiger partial charge >= 0.3 is 0 Å². The molecule has 1 aromatic carbocycles. The molecule has 0 fully saturated rings.